The quantitative estimate of drug-likeness (QED) is 0.851. The van der Waals surface area contributed by atoms with Gasteiger partial charge in [0.1, 0.15) is 0 Å². The lowest BCUT2D eigenvalue weighted by Crippen LogP contribution is -2.46. The highest BCUT2D eigenvalue weighted by Crippen LogP contribution is 2.25. The first-order valence-corrected chi connectivity index (χ1v) is 9.12. The summed E-state index contributed by atoms with van der Waals surface area (Å²) in [6.07, 6.45) is 6.72. The molecule has 0 bridgehead atoms. The Labute approximate surface area is 148 Å². The summed E-state index contributed by atoms with van der Waals surface area (Å²) in [6.45, 7) is 2.04. The molecule has 1 atom stereocenters. The first kappa shape index (κ1) is 17.7. The SMILES string of the molecule is O=C(/C=C/c1ccccc1)N1CCC(C(=O)N2CCC[C@@H]2CO)CC1. The molecule has 0 saturated carbocycles. The van der Waals surface area contributed by atoms with Crippen molar-refractivity contribution in [2.45, 2.75) is 31.7 Å². The minimum atomic E-state index is -0.0192. The zero-order chi connectivity index (χ0) is 17.6. The molecule has 0 unspecified atom stereocenters. The number of amides is 2. The molecular weight excluding hydrogens is 316 g/mol. The molecule has 1 aromatic rings. The van der Waals surface area contributed by atoms with Crippen molar-refractivity contribution in [3.63, 3.8) is 0 Å². The van der Waals surface area contributed by atoms with Crippen LogP contribution in [-0.2, 0) is 9.59 Å². The van der Waals surface area contributed by atoms with Gasteiger partial charge in [-0.3, -0.25) is 9.59 Å². The molecule has 2 heterocycles. The van der Waals surface area contributed by atoms with Crippen LogP contribution in [0.5, 0.6) is 0 Å². The third-order valence-corrected chi connectivity index (χ3v) is 5.24. The maximum Gasteiger partial charge on any atom is 0.246 e. The van der Waals surface area contributed by atoms with E-state index in [-0.39, 0.29) is 30.4 Å². The first-order valence-electron chi connectivity index (χ1n) is 9.12. The molecule has 2 aliphatic heterocycles. The maximum absolute atomic E-state index is 12.7. The number of piperidine rings is 1. The molecule has 0 aromatic heterocycles. The summed E-state index contributed by atoms with van der Waals surface area (Å²) in [6, 6.07) is 9.74. The highest BCUT2D eigenvalue weighted by molar-refractivity contribution is 5.92. The van der Waals surface area contributed by atoms with E-state index in [9.17, 15) is 14.7 Å². The molecular formula is C20H26N2O3. The molecule has 3 rings (SSSR count). The van der Waals surface area contributed by atoms with Crippen LogP contribution in [0.15, 0.2) is 36.4 Å². The van der Waals surface area contributed by atoms with Crippen LogP contribution in [0.4, 0.5) is 0 Å². The second-order valence-corrected chi connectivity index (χ2v) is 6.85. The van der Waals surface area contributed by atoms with Crippen LogP contribution in [0.3, 0.4) is 0 Å². The maximum atomic E-state index is 12.7. The van der Waals surface area contributed by atoms with Crippen molar-refractivity contribution in [2.75, 3.05) is 26.2 Å². The smallest absolute Gasteiger partial charge is 0.246 e. The monoisotopic (exact) mass is 342 g/mol. The van der Waals surface area contributed by atoms with Gasteiger partial charge in [-0.1, -0.05) is 30.3 Å². The number of aliphatic hydroxyl groups excluding tert-OH is 1. The van der Waals surface area contributed by atoms with Crippen LogP contribution >= 0.6 is 0 Å². The Morgan fingerprint density at radius 1 is 1.08 bits per heavy atom. The third-order valence-electron chi connectivity index (χ3n) is 5.24. The van der Waals surface area contributed by atoms with E-state index in [0.29, 0.717) is 25.9 Å². The van der Waals surface area contributed by atoms with Crippen LogP contribution in [0, 0.1) is 5.92 Å². The molecule has 0 radical (unpaired) electrons. The fourth-order valence-corrected chi connectivity index (χ4v) is 3.73. The lowest BCUT2D eigenvalue weighted by Gasteiger charge is -2.34. The number of carbonyl (C=O) groups is 2. The standard InChI is InChI=1S/C20H26N2O3/c23-15-18-7-4-12-22(18)20(25)17-10-13-21(14-11-17)19(24)9-8-16-5-2-1-3-6-16/h1-3,5-6,8-9,17-18,23H,4,7,10-15H2/b9-8+/t18-/m1/s1. The van der Waals surface area contributed by atoms with Crippen LogP contribution in [0.25, 0.3) is 6.08 Å². The van der Waals surface area contributed by atoms with E-state index < -0.39 is 0 Å². The normalized spacial score (nSPS) is 21.9. The van der Waals surface area contributed by atoms with Crippen LogP contribution in [0.2, 0.25) is 0 Å². The van der Waals surface area contributed by atoms with E-state index in [1.165, 1.54) is 0 Å². The second kappa shape index (κ2) is 8.30. The van der Waals surface area contributed by atoms with Crippen molar-refractivity contribution < 1.29 is 14.7 Å². The van der Waals surface area contributed by atoms with E-state index in [4.69, 9.17) is 0 Å². The Hall–Kier alpha value is -2.14. The molecule has 0 aliphatic carbocycles. The number of hydrogen-bond acceptors (Lipinski definition) is 3. The van der Waals surface area contributed by atoms with Crippen molar-refractivity contribution in [2.24, 2.45) is 5.92 Å². The van der Waals surface area contributed by atoms with Gasteiger partial charge in [0.15, 0.2) is 0 Å². The van der Waals surface area contributed by atoms with E-state index in [1.54, 1.807) is 6.08 Å². The number of aliphatic hydroxyl groups is 1. The number of rotatable bonds is 4. The van der Waals surface area contributed by atoms with Crippen molar-refractivity contribution in [1.82, 2.24) is 9.80 Å². The summed E-state index contributed by atoms with van der Waals surface area (Å²) < 4.78 is 0. The topological polar surface area (TPSA) is 60.9 Å². The fraction of sp³-hybridized carbons (Fsp3) is 0.500. The van der Waals surface area contributed by atoms with Crippen molar-refractivity contribution >= 4 is 17.9 Å². The average Bonchev–Trinajstić information content (AvgIpc) is 3.15. The lowest BCUT2D eigenvalue weighted by atomic mass is 9.95. The zero-order valence-electron chi connectivity index (χ0n) is 14.5. The number of benzene rings is 1. The third kappa shape index (κ3) is 4.28. The van der Waals surface area contributed by atoms with E-state index in [1.807, 2.05) is 46.2 Å². The predicted octanol–water partition coefficient (Wildman–Crippen LogP) is 1.92. The Kier molecular flexibility index (Phi) is 5.87. The summed E-state index contributed by atoms with van der Waals surface area (Å²) >= 11 is 0. The van der Waals surface area contributed by atoms with Crippen molar-refractivity contribution in [3.8, 4) is 0 Å². The van der Waals surface area contributed by atoms with Crippen molar-refractivity contribution in [3.05, 3.63) is 42.0 Å². The number of nitrogens with zero attached hydrogens (tertiary/aromatic N) is 2. The van der Waals surface area contributed by atoms with Crippen LogP contribution in [0.1, 0.15) is 31.2 Å². The second-order valence-electron chi connectivity index (χ2n) is 6.85. The summed E-state index contributed by atoms with van der Waals surface area (Å²) in [5.74, 6) is 0.141. The molecule has 2 fully saturated rings. The molecule has 0 spiro atoms. The van der Waals surface area contributed by atoms with Gasteiger partial charge in [-0.05, 0) is 37.3 Å². The molecule has 5 nitrogen and oxygen atoms in total. The Morgan fingerprint density at radius 3 is 2.48 bits per heavy atom. The summed E-state index contributed by atoms with van der Waals surface area (Å²) in [5, 5.41) is 9.40. The average molecular weight is 342 g/mol. The van der Waals surface area contributed by atoms with E-state index >= 15 is 0 Å². The van der Waals surface area contributed by atoms with Gasteiger partial charge in [-0.2, -0.15) is 0 Å². The van der Waals surface area contributed by atoms with Gasteiger partial charge in [0.05, 0.1) is 12.6 Å². The van der Waals surface area contributed by atoms with Gasteiger partial charge in [0, 0.05) is 31.6 Å². The number of likely N-dealkylation sites (tertiary alicyclic amines) is 2. The minimum Gasteiger partial charge on any atom is -0.394 e. The molecule has 2 saturated heterocycles. The van der Waals surface area contributed by atoms with Crippen molar-refractivity contribution in [1.29, 1.82) is 0 Å². The number of carbonyl (C=O) groups excluding carboxylic acids is 2. The first-order chi connectivity index (χ1) is 12.2. The van der Waals surface area contributed by atoms with Gasteiger partial charge in [-0.25, -0.2) is 0 Å². The van der Waals surface area contributed by atoms with Gasteiger partial charge in [0.25, 0.3) is 0 Å². The largest absolute Gasteiger partial charge is 0.394 e. The van der Waals surface area contributed by atoms with Gasteiger partial charge >= 0.3 is 0 Å². The molecule has 5 heteroatoms. The zero-order valence-corrected chi connectivity index (χ0v) is 14.5. The molecule has 1 aromatic carbocycles. The summed E-state index contributed by atoms with van der Waals surface area (Å²) in [7, 11) is 0. The highest BCUT2D eigenvalue weighted by atomic mass is 16.3. The van der Waals surface area contributed by atoms with Crippen LogP contribution < -0.4 is 0 Å². The Bertz CT molecular complexity index is 621. The molecule has 134 valence electrons. The predicted molar refractivity (Wildman–Crippen MR) is 96.6 cm³/mol. The van der Waals surface area contributed by atoms with Gasteiger partial charge in [-0.15, -0.1) is 0 Å². The molecule has 25 heavy (non-hydrogen) atoms. The Morgan fingerprint density at radius 2 is 1.80 bits per heavy atom. The highest BCUT2D eigenvalue weighted by Gasteiger charge is 2.34. The fourth-order valence-electron chi connectivity index (χ4n) is 3.73. The summed E-state index contributed by atoms with van der Waals surface area (Å²) in [4.78, 5) is 28.6. The molecule has 1 N–H and O–H groups in total. The van der Waals surface area contributed by atoms with Gasteiger partial charge in [0.2, 0.25) is 11.8 Å². The van der Waals surface area contributed by atoms with Crippen LogP contribution in [-0.4, -0.2) is 59.0 Å². The lowest BCUT2D eigenvalue weighted by molar-refractivity contribution is -0.140. The number of hydrogen-bond donors (Lipinski definition) is 1. The molecule has 2 amide bonds. The molecule has 2 aliphatic rings. The Balaban J connectivity index is 1.50. The van der Waals surface area contributed by atoms with E-state index in [2.05, 4.69) is 0 Å². The van der Waals surface area contributed by atoms with Gasteiger partial charge < -0.3 is 14.9 Å². The summed E-state index contributed by atoms with van der Waals surface area (Å²) in [5.41, 5.74) is 1.00. The minimum absolute atomic E-state index is 0.00385. The van der Waals surface area contributed by atoms with E-state index in [0.717, 1.165) is 24.9 Å².